The van der Waals surface area contributed by atoms with E-state index in [2.05, 4.69) is 20.7 Å². The summed E-state index contributed by atoms with van der Waals surface area (Å²) in [5.41, 5.74) is -5.17. The van der Waals surface area contributed by atoms with Gasteiger partial charge >= 0.3 is 24.3 Å². The summed E-state index contributed by atoms with van der Waals surface area (Å²) in [6, 6.07) is 0. The summed E-state index contributed by atoms with van der Waals surface area (Å²) in [6.45, 7) is 23.2. The maximum Gasteiger partial charge on any atom is 0.523 e. The molecule has 47 heavy (non-hydrogen) atoms. The minimum atomic E-state index is -5.39. The normalized spacial score (nSPS) is 29.6. The standard InChI is InChI=1S/C34H58F3N3O7/c1-27(2)13-21(30(7,8)38-27)18-44-24(41)16-33(47-34(35,36)37,26(43)46-20-23-15-29(5,6)40-32(23,11)12)17-25(42)45-19-22-14-28(3,4)39-31(22,9)10/h21-23,38-40H,13-20H2,1-12H3. The van der Waals surface area contributed by atoms with Crippen molar-refractivity contribution >= 4 is 17.9 Å². The van der Waals surface area contributed by atoms with Crippen LogP contribution in [0.25, 0.3) is 0 Å². The van der Waals surface area contributed by atoms with Crippen LogP contribution in [0.2, 0.25) is 0 Å². The first kappa shape index (κ1) is 39.5. The number of carbonyl (C=O) groups is 3. The predicted octanol–water partition coefficient (Wildman–Crippen LogP) is 5.17. The maximum absolute atomic E-state index is 14.1. The van der Waals surface area contributed by atoms with Crippen LogP contribution >= 0.6 is 0 Å². The Kier molecular flexibility index (Phi) is 11.0. The third kappa shape index (κ3) is 10.5. The van der Waals surface area contributed by atoms with Crippen LogP contribution < -0.4 is 16.0 Å². The molecule has 0 aromatic heterocycles. The van der Waals surface area contributed by atoms with Crippen molar-refractivity contribution in [3.05, 3.63) is 0 Å². The van der Waals surface area contributed by atoms with Crippen molar-refractivity contribution in [1.82, 2.24) is 16.0 Å². The highest BCUT2D eigenvalue weighted by molar-refractivity contribution is 5.90. The zero-order valence-corrected chi connectivity index (χ0v) is 30.4. The minimum absolute atomic E-state index is 0.0968. The molecule has 3 N–H and O–H groups in total. The van der Waals surface area contributed by atoms with Gasteiger partial charge in [-0.05, 0) is 102 Å². The first-order chi connectivity index (χ1) is 21.0. The molecule has 0 aromatic rings. The summed E-state index contributed by atoms with van der Waals surface area (Å²) in [5.74, 6) is -4.27. The molecule has 13 heteroatoms. The van der Waals surface area contributed by atoms with E-state index in [-0.39, 0.29) is 54.2 Å². The van der Waals surface area contributed by atoms with Crippen LogP contribution in [0.15, 0.2) is 0 Å². The third-order valence-electron chi connectivity index (χ3n) is 10.2. The number of rotatable bonds is 12. The van der Waals surface area contributed by atoms with Gasteiger partial charge in [0.1, 0.15) is 0 Å². The van der Waals surface area contributed by atoms with Gasteiger partial charge in [0.15, 0.2) is 5.60 Å². The molecule has 272 valence electrons. The molecule has 3 unspecified atom stereocenters. The highest BCUT2D eigenvalue weighted by atomic mass is 19.4. The lowest BCUT2D eigenvalue weighted by Crippen LogP contribution is -2.51. The Bertz CT molecular complexity index is 1130. The van der Waals surface area contributed by atoms with Crippen LogP contribution in [0.1, 0.15) is 115 Å². The molecule has 0 aromatic carbocycles. The molecule has 3 aliphatic heterocycles. The van der Waals surface area contributed by atoms with E-state index >= 15 is 0 Å². The van der Waals surface area contributed by atoms with Gasteiger partial charge in [0.25, 0.3) is 0 Å². The zero-order valence-electron chi connectivity index (χ0n) is 30.4. The molecule has 3 fully saturated rings. The second-order valence-electron chi connectivity index (χ2n) is 17.8. The number of hydrogen-bond donors (Lipinski definition) is 3. The van der Waals surface area contributed by atoms with E-state index in [9.17, 15) is 27.6 Å². The molecule has 0 spiro atoms. The van der Waals surface area contributed by atoms with E-state index in [1.807, 2.05) is 83.1 Å². The van der Waals surface area contributed by atoms with Gasteiger partial charge in [-0.2, -0.15) is 0 Å². The number of alkyl halides is 3. The predicted molar refractivity (Wildman–Crippen MR) is 170 cm³/mol. The summed E-state index contributed by atoms with van der Waals surface area (Å²) in [5, 5.41) is 10.4. The summed E-state index contributed by atoms with van der Waals surface area (Å²) in [4.78, 5) is 40.3. The third-order valence-corrected chi connectivity index (χ3v) is 10.2. The van der Waals surface area contributed by atoms with Gasteiger partial charge in [-0.15, -0.1) is 13.2 Å². The Morgan fingerprint density at radius 2 is 0.872 bits per heavy atom. The topological polar surface area (TPSA) is 124 Å². The quantitative estimate of drug-likeness (QED) is 0.188. The number of hydrogen-bond acceptors (Lipinski definition) is 10. The summed E-state index contributed by atoms with van der Waals surface area (Å²) < 4.78 is 63.0. The number of esters is 3. The Morgan fingerprint density at radius 1 is 0.574 bits per heavy atom. The van der Waals surface area contributed by atoms with Crippen LogP contribution in [-0.4, -0.2) is 82.9 Å². The molecule has 3 atom stereocenters. The molecule has 0 radical (unpaired) electrons. The smallest absolute Gasteiger partial charge is 0.465 e. The van der Waals surface area contributed by atoms with Crippen molar-refractivity contribution in [2.24, 2.45) is 17.8 Å². The first-order valence-corrected chi connectivity index (χ1v) is 16.6. The molecule has 0 bridgehead atoms. The van der Waals surface area contributed by atoms with E-state index in [1.54, 1.807) is 0 Å². The van der Waals surface area contributed by atoms with Crippen molar-refractivity contribution < 1.29 is 46.5 Å². The Labute approximate surface area is 278 Å². The lowest BCUT2D eigenvalue weighted by atomic mass is 9.87. The van der Waals surface area contributed by atoms with Gasteiger partial charge in [-0.1, -0.05) is 0 Å². The van der Waals surface area contributed by atoms with E-state index < -0.39 is 59.3 Å². The summed E-state index contributed by atoms with van der Waals surface area (Å²) in [6.07, 6.45) is -5.89. The van der Waals surface area contributed by atoms with Crippen LogP contribution in [-0.2, 0) is 33.3 Å². The molecular weight excluding hydrogens is 619 g/mol. The molecule has 10 nitrogen and oxygen atoms in total. The SMILES string of the molecule is CC1(C)CC(COC(=O)CC(CC(=O)OCC2CC(C)(C)NC2(C)C)(OC(F)(F)F)C(=O)OCC2CC(C)(C)NC2(C)C)C(C)(C)N1. The zero-order chi connectivity index (χ0) is 36.1. The van der Waals surface area contributed by atoms with E-state index in [4.69, 9.17) is 14.2 Å². The highest BCUT2D eigenvalue weighted by Crippen LogP contribution is 2.40. The molecule has 0 amide bonds. The van der Waals surface area contributed by atoms with Gasteiger partial charge in [-0.3, -0.25) is 14.3 Å². The number of nitrogens with one attached hydrogen (secondary N) is 3. The molecule has 3 rings (SSSR count). The Balaban J connectivity index is 1.84. The van der Waals surface area contributed by atoms with Crippen molar-refractivity contribution in [1.29, 1.82) is 0 Å². The van der Waals surface area contributed by atoms with E-state index in [0.717, 1.165) is 0 Å². The van der Waals surface area contributed by atoms with Crippen molar-refractivity contribution in [3.8, 4) is 0 Å². The Hall–Kier alpha value is -1.96. The first-order valence-electron chi connectivity index (χ1n) is 16.6. The fourth-order valence-corrected chi connectivity index (χ4v) is 8.30. The lowest BCUT2D eigenvalue weighted by molar-refractivity contribution is -0.363. The van der Waals surface area contributed by atoms with Crippen molar-refractivity contribution in [2.75, 3.05) is 19.8 Å². The lowest BCUT2D eigenvalue weighted by Gasteiger charge is -2.33. The fourth-order valence-electron chi connectivity index (χ4n) is 8.30. The van der Waals surface area contributed by atoms with Crippen LogP contribution in [0, 0.1) is 17.8 Å². The summed E-state index contributed by atoms with van der Waals surface area (Å²) >= 11 is 0. The molecule has 3 saturated heterocycles. The fraction of sp³-hybridized carbons (Fsp3) is 0.912. The number of halogens is 3. The molecule has 0 saturated carbocycles. The highest BCUT2D eigenvalue weighted by Gasteiger charge is 2.55. The number of carbonyl (C=O) groups excluding carboxylic acids is 3. The van der Waals surface area contributed by atoms with Crippen molar-refractivity contribution in [3.63, 3.8) is 0 Å². The van der Waals surface area contributed by atoms with Crippen LogP contribution in [0.3, 0.4) is 0 Å². The van der Waals surface area contributed by atoms with Gasteiger partial charge in [-0.25, -0.2) is 4.79 Å². The van der Waals surface area contributed by atoms with E-state index in [0.29, 0.717) is 19.3 Å². The second kappa shape index (κ2) is 13.1. The van der Waals surface area contributed by atoms with E-state index in [1.165, 1.54) is 0 Å². The molecular formula is C34H58F3N3O7. The average molecular weight is 678 g/mol. The molecule has 3 heterocycles. The monoisotopic (exact) mass is 677 g/mol. The number of ether oxygens (including phenoxy) is 4. The van der Waals surface area contributed by atoms with Crippen molar-refractivity contribution in [2.45, 2.75) is 160 Å². The minimum Gasteiger partial charge on any atom is -0.465 e. The molecule has 0 aliphatic carbocycles. The maximum atomic E-state index is 14.1. The molecule has 3 aliphatic rings. The second-order valence-corrected chi connectivity index (χ2v) is 17.8. The van der Waals surface area contributed by atoms with Gasteiger partial charge in [0, 0.05) is 51.0 Å². The van der Waals surface area contributed by atoms with Gasteiger partial charge in [0.05, 0.1) is 32.7 Å². The van der Waals surface area contributed by atoms with Crippen LogP contribution in [0.5, 0.6) is 0 Å². The Morgan fingerprint density at radius 3 is 1.13 bits per heavy atom. The van der Waals surface area contributed by atoms with Gasteiger partial charge < -0.3 is 30.2 Å². The van der Waals surface area contributed by atoms with Gasteiger partial charge in [0.2, 0.25) is 0 Å². The van der Waals surface area contributed by atoms with Crippen LogP contribution in [0.4, 0.5) is 13.2 Å². The summed E-state index contributed by atoms with van der Waals surface area (Å²) in [7, 11) is 0. The largest absolute Gasteiger partial charge is 0.523 e. The average Bonchev–Trinajstić information content (AvgIpc) is 3.29.